The molecule has 1 saturated heterocycles. The Morgan fingerprint density at radius 3 is 1.53 bits per heavy atom. The van der Waals surface area contributed by atoms with Crippen molar-refractivity contribution in [2.75, 3.05) is 0 Å². The van der Waals surface area contributed by atoms with E-state index in [0.29, 0.717) is 0 Å². The molecule has 2 atom stereocenters. The summed E-state index contributed by atoms with van der Waals surface area (Å²) in [6, 6.07) is 16.4. The summed E-state index contributed by atoms with van der Waals surface area (Å²) >= 11 is 7.13. The van der Waals surface area contributed by atoms with Crippen molar-refractivity contribution in [3.63, 3.8) is 0 Å². The van der Waals surface area contributed by atoms with E-state index >= 15 is 0 Å². The molecule has 0 N–H and O–H groups in total. The lowest BCUT2D eigenvalue weighted by atomic mass is 10.0. The number of ether oxygens (including phenoxy) is 1. The summed E-state index contributed by atoms with van der Waals surface area (Å²) in [5.74, 6) is 0. The van der Waals surface area contributed by atoms with Crippen LogP contribution in [-0.2, 0) is 4.74 Å². The zero-order valence-corrected chi connectivity index (χ0v) is 12.1. The molecule has 86 valence electrons. The smallest absolute Gasteiger partial charge is 0.115 e. The van der Waals surface area contributed by atoms with Crippen LogP contribution in [-0.4, -0.2) is 0 Å². The van der Waals surface area contributed by atoms with Crippen molar-refractivity contribution >= 4 is 31.9 Å². The maximum absolute atomic E-state index is 5.79. The lowest BCUT2D eigenvalue weighted by Gasteiger charge is -2.01. The first-order valence-corrected chi connectivity index (χ1v) is 7.00. The number of hydrogen-bond donors (Lipinski definition) is 0. The highest BCUT2D eigenvalue weighted by Gasteiger charge is 2.43. The molecule has 1 aliphatic heterocycles. The minimum Gasteiger partial charge on any atom is -0.359 e. The topological polar surface area (TPSA) is 12.5 Å². The molecule has 0 unspecified atom stereocenters. The van der Waals surface area contributed by atoms with Crippen molar-refractivity contribution in [1.82, 2.24) is 0 Å². The lowest BCUT2D eigenvalue weighted by molar-refractivity contribution is 0.377. The third-order valence-electron chi connectivity index (χ3n) is 2.92. The van der Waals surface area contributed by atoms with Gasteiger partial charge in [0, 0.05) is 8.95 Å². The summed E-state index contributed by atoms with van der Waals surface area (Å²) in [6.07, 6.45) is 0.341. The number of epoxide rings is 1. The van der Waals surface area contributed by atoms with E-state index in [1.807, 2.05) is 36.4 Å². The van der Waals surface area contributed by atoms with Gasteiger partial charge < -0.3 is 4.74 Å². The summed E-state index contributed by atoms with van der Waals surface area (Å²) in [6.45, 7) is 0. The Morgan fingerprint density at radius 1 is 0.706 bits per heavy atom. The van der Waals surface area contributed by atoms with E-state index in [2.05, 4.69) is 44.0 Å². The van der Waals surface area contributed by atoms with Gasteiger partial charge in [0.25, 0.3) is 0 Å². The van der Waals surface area contributed by atoms with Crippen molar-refractivity contribution < 1.29 is 4.74 Å². The molecule has 0 spiro atoms. The van der Waals surface area contributed by atoms with Crippen LogP contribution in [0.5, 0.6) is 0 Å². The molecule has 2 aromatic rings. The standard InChI is InChI=1S/C14H10Br2O/c15-11-7-3-1-5-9(11)13-14(17-13)10-6-2-4-8-12(10)16/h1-8,13-14H/t13-,14-/m1/s1. The molecule has 3 rings (SSSR count). The molecule has 1 fully saturated rings. The van der Waals surface area contributed by atoms with Gasteiger partial charge in [0.15, 0.2) is 0 Å². The van der Waals surface area contributed by atoms with Gasteiger partial charge in [-0.25, -0.2) is 0 Å². The summed E-state index contributed by atoms with van der Waals surface area (Å²) < 4.78 is 8.01. The molecule has 3 heteroatoms. The van der Waals surface area contributed by atoms with Crippen LogP contribution in [0.25, 0.3) is 0 Å². The number of rotatable bonds is 2. The Bertz CT molecular complexity index is 504. The predicted octanol–water partition coefficient (Wildman–Crippen LogP) is 5.02. The maximum Gasteiger partial charge on any atom is 0.115 e. The predicted molar refractivity (Wildman–Crippen MR) is 74.9 cm³/mol. The van der Waals surface area contributed by atoms with Crippen molar-refractivity contribution in [3.8, 4) is 0 Å². The molecular weight excluding hydrogens is 344 g/mol. The molecule has 2 aromatic carbocycles. The summed E-state index contributed by atoms with van der Waals surface area (Å²) in [5.41, 5.74) is 2.43. The highest BCUT2D eigenvalue weighted by atomic mass is 79.9. The van der Waals surface area contributed by atoms with Gasteiger partial charge in [-0.3, -0.25) is 0 Å². The molecule has 1 heterocycles. The minimum atomic E-state index is 0.171. The minimum absolute atomic E-state index is 0.171. The summed E-state index contributed by atoms with van der Waals surface area (Å²) in [5, 5.41) is 0. The third kappa shape index (κ3) is 2.19. The van der Waals surface area contributed by atoms with E-state index in [1.165, 1.54) is 11.1 Å². The van der Waals surface area contributed by atoms with E-state index in [4.69, 9.17) is 4.74 Å². The van der Waals surface area contributed by atoms with Crippen LogP contribution < -0.4 is 0 Å². The van der Waals surface area contributed by atoms with Crippen LogP contribution >= 0.6 is 31.9 Å². The van der Waals surface area contributed by atoms with Crippen LogP contribution in [0, 0.1) is 0 Å². The first-order chi connectivity index (χ1) is 8.27. The van der Waals surface area contributed by atoms with Gasteiger partial charge in [-0.15, -0.1) is 0 Å². The van der Waals surface area contributed by atoms with Gasteiger partial charge >= 0.3 is 0 Å². The average Bonchev–Trinajstić information content (AvgIpc) is 3.10. The highest BCUT2D eigenvalue weighted by Crippen LogP contribution is 2.53. The van der Waals surface area contributed by atoms with Crippen LogP contribution in [0.15, 0.2) is 57.5 Å². The van der Waals surface area contributed by atoms with E-state index in [0.717, 1.165) is 8.95 Å². The monoisotopic (exact) mass is 352 g/mol. The molecular formula is C14H10Br2O. The lowest BCUT2D eigenvalue weighted by Crippen LogP contribution is -1.86. The largest absolute Gasteiger partial charge is 0.359 e. The quantitative estimate of drug-likeness (QED) is 0.690. The second kappa shape index (κ2) is 4.56. The number of benzene rings is 2. The fraction of sp³-hybridized carbons (Fsp3) is 0.143. The second-order valence-electron chi connectivity index (χ2n) is 4.02. The van der Waals surface area contributed by atoms with Gasteiger partial charge in [-0.05, 0) is 23.3 Å². The van der Waals surface area contributed by atoms with E-state index < -0.39 is 0 Å². The number of halogens is 2. The molecule has 1 nitrogen and oxygen atoms in total. The molecule has 1 aliphatic rings. The molecule has 0 aromatic heterocycles. The molecule has 0 bridgehead atoms. The maximum atomic E-state index is 5.79. The average molecular weight is 354 g/mol. The number of hydrogen-bond acceptors (Lipinski definition) is 1. The van der Waals surface area contributed by atoms with Crippen molar-refractivity contribution in [2.45, 2.75) is 12.2 Å². The van der Waals surface area contributed by atoms with Crippen LogP contribution in [0.3, 0.4) is 0 Å². The van der Waals surface area contributed by atoms with Crippen molar-refractivity contribution in [2.24, 2.45) is 0 Å². The van der Waals surface area contributed by atoms with Crippen LogP contribution in [0.1, 0.15) is 23.3 Å². The first kappa shape index (κ1) is 11.5. The normalized spacial score (nSPS) is 22.5. The van der Waals surface area contributed by atoms with Crippen molar-refractivity contribution in [1.29, 1.82) is 0 Å². The molecule has 0 aliphatic carbocycles. The summed E-state index contributed by atoms with van der Waals surface area (Å²) in [4.78, 5) is 0. The van der Waals surface area contributed by atoms with Gasteiger partial charge in [-0.1, -0.05) is 68.3 Å². The molecule has 0 amide bonds. The van der Waals surface area contributed by atoms with Crippen molar-refractivity contribution in [3.05, 3.63) is 68.6 Å². The fourth-order valence-corrected chi connectivity index (χ4v) is 3.02. The zero-order valence-electron chi connectivity index (χ0n) is 8.94. The van der Waals surface area contributed by atoms with E-state index in [9.17, 15) is 0 Å². The SMILES string of the molecule is Brc1ccccc1[C@H]1O[C@@H]1c1ccccc1Br. The Kier molecular flexibility index (Phi) is 3.07. The first-order valence-electron chi connectivity index (χ1n) is 5.41. The van der Waals surface area contributed by atoms with Crippen LogP contribution in [0.2, 0.25) is 0 Å². The molecule has 17 heavy (non-hydrogen) atoms. The summed E-state index contributed by atoms with van der Waals surface area (Å²) in [7, 11) is 0. The third-order valence-corrected chi connectivity index (χ3v) is 4.36. The van der Waals surface area contributed by atoms with Gasteiger partial charge in [0.1, 0.15) is 12.2 Å². The van der Waals surface area contributed by atoms with Gasteiger partial charge in [0.05, 0.1) is 0 Å². The van der Waals surface area contributed by atoms with E-state index in [-0.39, 0.29) is 12.2 Å². The zero-order chi connectivity index (χ0) is 11.8. The van der Waals surface area contributed by atoms with Crippen LogP contribution in [0.4, 0.5) is 0 Å². The van der Waals surface area contributed by atoms with E-state index in [1.54, 1.807) is 0 Å². The Labute approximate surface area is 117 Å². The molecule has 0 radical (unpaired) electrons. The Morgan fingerprint density at radius 2 is 1.12 bits per heavy atom. The fourth-order valence-electron chi connectivity index (χ4n) is 2.00. The Balaban J connectivity index is 1.89. The second-order valence-corrected chi connectivity index (χ2v) is 5.73. The van der Waals surface area contributed by atoms with Gasteiger partial charge in [-0.2, -0.15) is 0 Å². The van der Waals surface area contributed by atoms with Gasteiger partial charge in [0.2, 0.25) is 0 Å². The highest BCUT2D eigenvalue weighted by molar-refractivity contribution is 9.10. The molecule has 0 saturated carbocycles. The Hall–Kier alpha value is -0.640.